The second kappa shape index (κ2) is 12.3. The molecule has 0 atom stereocenters. The summed E-state index contributed by atoms with van der Waals surface area (Å²) in [6.45, 7) is 0. The zero-order valence-corrected chi connectivity index (χ0v) is 30.4. The standard InChI is InChI=1S/C51H30N4O2/c1-3-11-31(12-4-1)33-21-25-46-41(27-33)42-28-34(22-26-47(42)56-46)35-19-23-38-37-15-7-9-17-43(37)55(44(38)29-35)51-53-49(32-13-5-2-6-14-32)52-50(54-51)36-20-24-40-39-16-8-10-18-45(39)57-48(40)30-36/h1-30H. The van der Waals surface area contributed by atoms with Crippen molar-refractivity contribution in [2.24, 2.45) is 0 Å². The molecule has 4 heterocycles. The van der Waals surface area contributed by atoms with Crippen molar-refractivity contribution in [1.29, 1.82) is 0 Å². The van der Waals surface area contributed by atoms with Gasteiger partial charge in [-0.05, 0) is 76.9 Å². The summed E-state index contributed by atoms with van der Waals surface area (Å²) in [5.41, 5.74) is 11.6. The van der Waals surface area contributed by atoms with Gasteiger partial charge in [-0.15, -0.1) is 0 Å². The lowest BCUT2D eigenvalue weighted by Gasteiger charge is -2.11. The van der Waals surface area contributed by atoms with Gasteiger partial charge >= 0.3 is 0 Å². The number of rotatable bonds is 5. The van der Waals surface area contributed by atoms with Gasteiger partial charge in [0, 0.05) is 43.4 Å². The average molecular weight is 731 g/mol. The van der Waals surface area contributed by atoms with Gasteiger partial charge < -0.3 is 8.83 Å². The van der Waals surface area contributed by atoms with E-state index in [0.29, 0.717) is 17.6 Å². The van der Waals surface area contributed by atoms with Gasteiger partial charge in [-0.3, -0.25) is 4.57 Å². The fourth-order valence-electron chi connectivity index (χ4n) is 8.31. The van der Waals surface area contributed by atoms with Crippen molar-refractivity contribution in [3.8, 4) is 51.0 Å². The molecule has 12 rings (SSSR count). The molecule has 266 valence electrons. The van der Waals surface area contributed by atoms with E-state index < -0.39 is 0 Å². The molecular weight excluding hydrogens is 701 g/mol. The van der Waals surface area contributed by atoms with Crippen molar-refractivity contribution in [3.63, 3.8) is 0 Å². The maximum atomic E-state index is 6.32. The lowest BCUT2D eigenvalue weighted by molar-refractivity contribution is 0.668. The third-order valence-electron chi connectivity index (χ3n) is 11.1. The lowest BCUT2D eigenvalue weighted by atomic mass is 9.99. The quantitative estimate of drug-likeness (QED) is 0.176. The van der Waals surface area contributed by atoms with Crippen LogP contribution in [0.1, 0.15) is 0 Å². The first-order valence-corrected chi connectivity index (χ1v) is 19.0. The Bertz CT molecular complexity index is 3530. The summed E-state index contributed by atoms with van der Waals surface area (Å²) < 4.78 is 14.8. The monoisotopic (exact) mass is 730 g/mol. The lowest BCUT2D eigenvalue weighted by Crippen LogP contribution is -2.06. The van der Waals surface area contributed by atoms with Crippen LogP contribution in [-0.4, -0.2) is 19.5 Å². The molecule has 57 heavy (non-hydrogen) atoms. The zero-order chi connectivity index (χ0) is 37.5. The second-order valence-corrected chi connectivity index (χ2v) is 14.4. The molecule has 0 bridgehead atoms. The molecule has 8 aromatic carbocycles. The van der Waals surface area contributed by atoms with Crippen LogP contribution in [0.25, 0.3) is 117 Å². The molecule has 0 amide bonds. The first-order chi connectivity index (χ1) is 28.2. The summed E-state index contributed by atoms with van der Waals surface area (Å²) >= 11 is 0. The summed E-state index contributed by atoms with van der Waals surface area (Å²) in [5.74, 6) is 1.70. The van der Waals surface area contributed by atoms with Crippen LogP contribution in [0.5, 0.6) is 0 Å². The van der Waals surface area contributed by atoms with Gasteiger partial charge in [0.25, 0.3) is 0 Å². The zero-order valence-electron chi connectivity index (χ0n) is 30.4. The first kappa shape index (κ1) is 31.5. The molecule has 0 N–H and O–H groups in total. The summed E-state index contributed by atoms with van der Waals surface area (Å²) in [4.78, 5) is 15.5. The number of para-hydroxylation sites is 2. The van der Waals surface area contributed by atoms with Crippen LogP contribution in [-0.2, 0) is 0 Å². The Hall–Kier alpha value is -7.83. The number of hydrogen-bond acceptors (Lipinski definition) is 5. The molecule has 0 saturated carbocycles. The first-order valence-electron chi connectivity index (χ1n) is 19.0. The number of hydrogen-bond donors (Lipinski definition) is 0. The van der Waals surface area contributed by atoms with E-state index in [9.17, 15) is 0 Å². The average Bonchev–Trinajstić information content (AvgIpc) is 3.95. The number of aromatic nitrogens is 4. The highest BCUT2D eigenvalue weighted by Gasteiger charge is 2.20. The molecule has 4 aromatic heterocycles. The van der Waals surface area contributed by atoms with Crippen LogP contribution < -0.4 is 0 Å². The van der Waals surface area contributed by atoms with Gasteiger partial charge in [0.1, 0.15) is 22.3 Å². The third kappa shape index (κ3) is 5.08. The molecule has 0 unspecified atom stereocenters. The van der Waals surface area contributed by atoms with E-state index in [2.05, 4.69) is 126 Å². The van der Waals surface area contributed by atoms with Gasteiger partial charge in [0.15, 0.2) is 11.6 Å². The summed E-state index contributed by atoms with van der Waals surface area (Å²) in [6, 6.07) is 62.9. The van der Waals surface area contributed by atoms with Crippen LogP contribution in [0.4, 0.5) is 0 Å². The molecule has 0 radical (unpaired) electrons. The molecule has 0 aliphatic carbocycles. The predicted molar refractivity (Wildman–Crippen MR) is 230 cm³/mol. The maximum absolute atomic E-state index is 6.32. The smallest absolute Gasteiger partial charge is 0.238 e. The van der Waals surface area contributed by atoms with Crippen molar-refractivity contribution in [1.82, 2.24) is 19.5 Å². The van der Waals surface area contributed by atoms with Gasteiger partial charge in [-0.25, -0.2) is 4.98 Å². The Morgan fingerprint density at radius 2 is 0.807 bits per heavy atom. The van der Waals surface area contributed by atoms with E-state index in [0.717, 1.165) is 93.5 Å². The predicted octanol–water partition coefficient (Wildman–Crippen LogP) is 13.4. The highest BCUT2D eigenvalue weighted by molar-refractivity contribution is 6.11. The number of benzene rings is 8. The molecule has 0 fully saturated rings. The highest BCUT2D eigenvalue weighted by atomic mass is 16.3. The van der Waals surface area contributed by atoms with Crippen LogP contribution in [0.2, 0.25) is 0 Å². The molecule has 0 spiro atoms. The van der Waals surface area contributed by atoms with Crippen molar-refractivity contribution in [3.05, 3.63) is 182 Å². The number of fused-ring (bicyclic) bond motifs is 9. The van der Waals surface area contributed by atoms with E-state index in [4.69, 9.17) is 23.8 Å². The van der Waals surface area contributed by atoms with Gasteiger partial charge in [-0.1, -0.05) is 127 Å². The minimum atomic E-state index is 0.539. The molecule has 6 heteroatoms. The number of furan rings is 2. The van der Waals surface area contributed by atoms with E-state index in [-0.39, 0.29) is 0 Å². The maximum Gasteiger partial charge on any atom is 0.238 e. The summed E-state index contributed by atoms with van der Waals surface area (Å²) in [6.07, 6.45) is 0. The summed E-state index contributed by atoms with van der Waals surface area (Å²) in [7, 11) is 0. The highest BCUT2D eigenvalue weighted by Crippen LogP contribution is 2.39. The minimum absolute atomic E-state index is 0.539. The number of nitrogens with zero attached hydrogens (tertiary/aromatic N) is 4. The molecule has 6 nitrogen and oxygen atoms in total. The second-order valence-electron chi connectivity index (χ2n) is 14.4. The fraction of sp³-hybridized carbons (Fsp3) is 0. The molecule has 0 aliphatic rings. The third-order valence-corrected chi connectivity index (χ3v) is 11.1. The van der Waals surface area contributed by atoms with Gasteiger partial charge in [0.2, 0.25) is 5.95 Å². The molecule has 12 aromatic rings. The largest absolute Gasteiger partial charge is 0.456 e. The Balaban J connectivity index is 1.05. The van der Waals surface area contributed by atoms with Crippen molar-refractivity contribution in [2.75, 3.05) is 0 Å². The summed E-state index contributed by atoms with van der Waals surface area (Å²) in [5, 5.41) is 6.55. The minimum Gasteiger partial charge on any atom is -0.456 e. The molecule has 0 aliphatic heterocycles. The van der Waals surface area contributed by atoms with Crippen LogP contribution in [0.3, 0.4) is 0 Å². The van der Waals surface area contributed by atoms with Crippen LogP contribution >= 0.6 is 0 Å². The molecule has 0 saturated heterocycles. The van der Waals surface area contributed by atoms with E-state index in [1.165, 1.54) is 5.56 Å². The van der Waals surface area contributed by atoms with Crippen LogP contribution in [0, 0.1) is 0 Å². The van der Waals surface area contributed by atoms with Gasteiger partial charge in [-0.2, -0.15) is 9.97 Å². The van der Waals surface area contributed by atoms with Gasteiger partial charge in [0.05, 0.1) is 11.0 Å². The van der Waals surface area contributed by atoms with Crippen molar-refractivity contribution < 1.29 is 8.83 Å². The molecular formula is C51H30N4O2. The Kier molecular flexibility index (Phi) is 6.83. The topological polar surface area (TPSA) is 69.9 Å². The van der Waals surface area contributed by atoms with Crippen molar-refractivity contribution in [2.45, 2.75) is 0 Å². The van der Waals surface area contributed by atoms with E-state index in [1.807, 2.05) is 60.7 Å². The fourth-order valence-corrected chi connectivity index (χ4v) is 8.31. The Labute approximate surface area is 325 Å². The Morgan fingerprint density at radius 3 is 1.58 bits per heavy atom. The van der Waals surface area contributed by atoms with Crippen molar-refractivity contribution >= 4 is 65.7 Å². The van der Waals surface area contributed by atoms with E-state index in [1.54, 1.807) is 0 Å². The SMILES string of the molecule is c1ccc(-c2ccc3oc4ccc(-c5ccc6c7ccccc7n(-c7nc(-c8ccccc8)nc(-c8ccc9c(c8)oc8ccccc89)n7)c6c5)cc4c3c2)cc1. The van der Waals surface area contributed by atoms with Crippen LogP contribution in [0.15, 0.2) is 191 Å². The normalized spacial score (nSPS) is 11.9. The van der Waals surface area contributed by atoms with E-state index >= 15 is 0 Å². The Morgan fingerprint density at radius 1 is 0.298 bits per heavy atom.